The molecule has 2 heterocycles. The van der Waals surface area contributed by atoms with Gasteiger partial charge in [-0.2, -0.15) is 0 Å². The van der Waals surface area contributed by atoms with E-state index in [2.05, 4.69) is 53.4 Å². The van der Waals surface area contributed by atoms with Gasteiger partial charge in [0.25, 0.3) is 0 Å². The molecule has 1 fully saturated rings. The number of aryl methyl sites for hydroxylation is 1. The number of aromatic amines is 1. The molecule has 0 bridgehead atoms. The predicted octanol–water partition coefficient (Wildman–Crippen LogP) is 2.95. The monoisotopic (exact) mass is 342 g/mol. The van der Waals surface area contributed by atoms with Gasteiger partial charge in [-0.3, -0.25) is 4.99 Å². The lowest BCUT2D eigenvalue weighted by Gasteiger charge is -2.21. The van der Waals surface area contributed by atoms with Gasteiger partial charge in [0.15, 0.2) is 5.96 Å². The molecule has 2 aromatic rings. The highest BCUT2D eigenvalue weighted by Crippen LogP contribution is 2.21. The fourth-order valence-corrected chi connectivity index (χ4v) is 3.68. The first-order valence-corrected chi connectivity index (χ1v) is 9.30. The van der Waals surface area contributed by atoms with Crippen LogP contribution in [-0.2, 0) is 11.2 Å². The minimum absolute atomic E-state index is 0.616. The zero-order valence-electron chi connectivity index (χ0n) is 15.6. The number of benzene rings is 1. The van der Waals surface area contributed by atoms with E-state index in [9.17, 15) is 0 Å². The van der Waals surface area contributed by atoms with Crippen molar-refractivity contribution in [1.82, 2.24) is 15.2 Å². The second-order valence-electron chi connectivity index (χ2n) is 6.85. The maximum atomic E-state index is 5.30. The smallest absolute Gasteiger partial charge is 0.193 e. The van der Waals surface area contributed by atoms with Crippen molar-refractivity contribution >= 4 is 16.9 Å². The lowest BCUT2D eigenvalue weighted by atomic mass is 10.1. The third-order valence-corrected chi connectivity index (χ3v) is 4.97. The normalized spacial score (nSPS) is 18.3. The van der Waals surface area contributed by atoms with Crippen LogP contribution in [-0.4, -0.2) is 55.7 Å². The highest BCUT2D eigenvalue weighted by molar-refractivity contribution is 5.86. The number of ether oxygens (including phenoxy) is 1. The summed E-state index contributed by atoms with van der Waals surface area (Å²) >= 11 is 0. The van der Waals surface area contributed by atoms with Gasteiger partial charge in [-0.15, -0.1) is 0 Å². The molecule has 1 aromatic carbocycles. The highest BCUT2D eigenvalue weighted by atomic mass is 16.5. The maximum Gasteiger partial charge on any atom is 0.193 e. The Hall–Kier alpha value is -2.01. The number of aliphatic imine (C=N–C) groups is 1. The van der Waals surface area contributed by atoms with E-state index in [1.807, 2.05) is 0 Å². The second-order valence-corrected chi connectivity index (χ2v) is 6.85. The van der Waals surface area contributed by atoms with Crippen LogP contribution in [0.25, 0.3) is 10.9 Å². The number of H-pyrrole nitrogens is 1. The van der Waals surface area contributed by atoms with Crippen LogP contribution in [0.1, 0.15) is 24.5 Å². The molecule has 1 atom stereocenters. The van der Waals surface area contributed by atoms with Gasteiger partial charge in [-0.25, -0.2) is 0 Å². The number of nitrogens with one attached hydrogen (secondary N) is 2. The average Bonchev–Trinajstić information content (AvgIpc) is 3.23. The maximum absolute atomic E-state index is 5.30. The number of rotatable bonds is 6. The lowest BCUT2D eigenvalue weighted by molar-refractivity contribution is 0.157. The molecule has 0 spiro atoms. The predicted molar refractivity (Wildman–Crippen MR) is 104 cm³/mol. The molecule has 25 heavy (non-hydrogen) atoms. The zero-order chi connectivity index (χ0) is 17.6. The van der Waals surface area contributed by atoms with Gasteiger partial charge in [0.1, 0.15) is 0 Å². The summed E-state index contributed by atoms with van der Waals surface area (Å²) in [6, 6.07) is 6.47. The van der Waals surface area contributed by atoms with Crippen molar-refractivity contribution in [3.63, 3.8) is 0 Å². The molecule has 1 aliphatic heterocycles. The molecule has 136 valence electrons. The first kappa shape index (κ1) is 17.8. The van der Waals surface area contributed by atoms with Gasteiger partial charge >= 0.3 is 0 Å². The number of likely N-dealkylation sites (tertiary alicyclic amines) is 1. The molecule has 3 rings (SSSR count). The van der Waals surface area contributed by atoms with Gasteiger partial charge in [0.2, 0.25) is 0 Å². The van der Waals surface area contributed by atoms with E-state index < -0.39 is 0 Å². The topological polar surface area (TPSA) is 52.7 Å². The average molecular weight is 342 g/mol. The molecule has 0 saturated carbocycles. The van der Waals surface area contributed by atoms with Crippen LogP contribution in [0.15, 0.2) is 29.4 Å². The van der Waals surface area contributed by atoms with Crippen molar-refractivity contribution in [2.45, 2.75) is 26.7 Å². The minimum Gasteiger partial charge on any atom is -0.384 e. The number of hydrogen-bond donors (Lipinski definition) is 2. The van der Waals surface area contributed by atoms with Crippen LogP contribution >= 0.6 is 0 Å². The fraction of sp³-hybridized carbons (Fsp3) is 0.550. The van der Waals surface area contributed by atoms with E-state index >= 15 is 0 Å². The minimum atomic E-state index is 0.616. The van der Waals surface area contributed by atoms with Crippen LogP contribution in [0.3, 0.4) is 0 Å². The number of aromatic nitrogens is 1. The Bertz CT molecular complexity index is 722. The molecule has 1 unspecified atom stereocenters. The number of fused-ring (bicyclic) bond motifs is 1. The molecular formula is C20H30N4O. The van der Waals surface area contributed by atoms with E-state index in [-0.39, 0.29) is 0 Å². The molecule has 2 N–H and O–H groups in total. The van der Waals surface area contributed by atoms with E-state index in [4.69, 9.17) is 9.73 Å². The summed E-state index contributed by atoms with van der Waals surface area (Å²) in [5, 5.41) is 4.76. The molecular weight excluding hydrogens is 312 g/mol. The molecule has 1 saturated heterocycles. The van der Waals surface area contributed by atoms with Crippen molar-refractivity contribution in [2.24, 2.45) is 10.9 Å². The number of nitrogens with zero attached hydrogens (tertiary/aromatic N) is 2. The Labute approximate surface area is 150 Å². The second kappa shape index (κ2) is 8.39. The van der Waals surface area contributed by atoms with Crippen molar-refractivity contribution in [1.29, 1.82) is 0 Å². The number of methoxy groups -OCH3 is 1. The lowest BCUT2D eigenvalue weighted by Crippen LogP contribution is -2.40. The SMILES string of the molecule is CCNC(=NCCc1c[nH]c2c(C)cccc12)N1CCC(COC)C1. The molecule has 0 amide bonds. The van der Waals surface area contributed by atoms with Crippen LogP contribution in [0.2, 0.25) is 0 Å². The van der Waals surface area contributed by atoms with Crippen LogP contribution in [0, 0.1) is 12.8 Å². The molecule has 0 aliphatic carbocycles. The largest absolute Gasteiger partial charge is 0.384 e. The van der Waals surface area contributed by atoms with E-state index in [1.165, 1.54) is 28.5 Å². The number of guanidine groups is 1. The summed E-state index contributed by atoms with van der Waals surface area (Å²) in [6.07, 6.45) is 4.26. The van der Waals surface area contributed by atoms with Crippen molar-refractivity contribution < 1.29 is 4.74 Å². The summed E-state index contributed by atoms with van der Waals surface area (Å²) in [5.74, 6) is 1.66. The first-order valence-electron chi connectivity index (χ1n) is 9.30. The van der Waals surface area contributed by atoms with Crippen LogP contribution in [0.4, 0.5) is 0 Å². The quantitative estimate of drug-likeness (QED) is 0.627. The summed E-state index contributed by atoms with van der Waals surface area (Å²) in [5.41, 5.74) is 3.88. The van der Waals surface area contributed by atoms with E-state index in [0.717, 1.165) is 45.2 Å². The number of hydrogen-bond acceptors (Lipinski definition) is 2. The Morgan fingerprint density at radius 2 is 2.32 bits per heavy atom. The molecule has 5 nitrogen and oxygen atoms in total. The van der Waals surface area contributed by atoms with E-state index in [1.54, 1.807) is 7.11 Å². The van der Waals surface area contributed by atoms with Crippen molar-refractivity contribution in [2.75, 3.05) is 39.9 Å². The molecule has 1 aliphatic rings. The fourth-order valence-electron chi connectivity index (χ4n) is 3.68. The summed E-state index contributed by atoms with van der Waals surface area (Å²) in [4.78, 5) is 10.6. The van der Waals surface area contributed by atoms with Crippen LogP contribution < -0.4 is 5.32 Å². The Kier molecular flexibility index (Phi) is 5.97. The summed E-state index contributed by atoms with van der Waals surface area (Å²) in [6.45, 7) is 8.91. The standard InChI is InChI=1S/C20H30N4O/c1-4-21-20(24-11-9-16(13-24)14-25-3)22-10-8-17-12-23-19-15(2)6-5-7-18(17)19/h5-7,12,16,23H,4,8-11,13-14H2,1-3H3,(H,21,22). The Morgan fingerprint density at radius 1 is 1.44 bits per heavy atom. The van der Waals surface area contributed by atoms with Gasteiger partial charge < -0.3 is 19.9 Å². The third kappa shape index (κ3) is 4.15. The Morgan fingerprint density at radius 3 is 3.12 bits per heavy atom. The van der Waals surface area contributed by atoms with Gasteiger partial charge in [0, 0.05) is 56.3 Å². The molecule has 5 heteroatoms. The summed E-state index contributed by atoms with van der Waals surface area (Å²) < 4.78 is 5.30. The highest BCUT2D eigenvalue weighted by Gasteiger charge is 2.24. The van der Waals surface area contributed by atoms with Gasteiger partial charge in [0.05, 0.1) is 6.61 Å². The first-order chi connectivity index (χ1) is 12.2. The van der Waals surface area contributed by atoms with Gasteiger partial charge in [-0.05, 0) is 37.8 Å². The van der Waals surface area contributed by atoms with Crippen molar-refractivity contribution in [3.05, 3.63) is 35.5 Å². The van der Waals surface area contributed by atoms with Crippen molar-refractivity contribution in [3.8, 4) is 0 Å². The van der Waals surface area contributed by atoms with E-state index in [0.29, 0.717) is 5.92 Å². The third-order valence-electron chi connectivity index (χ3n) is 4.97. The van der Waals surface area contributed by atoms with Crippen LogP contribution in [0.5, 0.6) is 0 Å². The molecule has 0 radical (unpaired) electrons. The Balaban J connectivity index is 1.64. The number of para-hydroxylation sites is 1. The summed E-state index contributed by atoms with van der Waals surface area (Å²) in [7, 11) is 1.78. The molecule has 1 aromatic heterocycles. The zero-order valence-corrected chi connectivity index (χ0v) is 15.6. The van der Waals surface area contributed by atoms with Gasteiger partial charge in [-0.1, -0.05) is 18.2 Å².